The maximum absolute atomic E-state index is 13.2. The average molecular weight is 180 g/mol. The molecule has 70 valence electrons. The third-order valence-electron chi connectivity index (χ3n) is 2.45. The van der Waals surface area contributed by atoms with Crippen molar-refractivity contribution in [3.8, 4) is 0 Å². The van der Waals surface area contributed by atoms with Crippen LogP contribution in [0.15, 0.2) is 12.1 Å². The van der Waals surface area contributed by atoms with Crippen molar-refractivity contribution in [3.63, 3.8) is 0 Å². The van der Waals surface area contributed by atoms with E-state index in [0.29, 0.717) is 5.56 Å². The molecular weight excluding hydrogens is 167 g/mol. The summed E-state index contributed by atoms with van der Waals surface area (Å²) in [7, 11) is 1.98. The van der Waals surface area contributed by atoms with Crippen molar-refractivity contribution in [2.45, 2.75) is 6.92 Å². The summed E-state index contributed by atoms with van der Waals surface area (Å²) in [6, 6.07) is 3.46. The molecule has 1 aliphatic rings. The lowest BCUT2D eigenvalue weighted by molar-refractivity contribution is 0.617. The van der Waals surface area contributed by atoms with Gasteiger partial charge in [0.2, 0.25) is 0 Å². The lowest BCUT2D eigenvalue weighted by Gasteiger charge is -2.28. The Hall–Kier alpha value is -1.25. The summed E-state index contributed by atoms with van der Waals surface area (Å²) in [5.74, 6) is -0.130. The average Bonchev–Trinajstić information content (AvgIpc) is 2.09. The summed E-state index contributed by atoms with van der Waals surface area (Å²) in [6.45, 7) is 3.63. The van der Waals surface area contributed by atoms with Gasteiger partial charge in [-0.2, -0.15) is 0 Å². The SMILES string of the molecule is Cc1cc2c(cc1F)N(C)CCN2. The Morgan fingerprint density at radius 3 is 3.00 bits per heavy atom. The van der Waals surface area contributed by atoms with E-state index in [1.165, 1.54) is 0 Å². The van der Waals surface area contributed by atoms with E-state index in [1.54, 1.807) is 13.0 Å². The number of nitrogens with zero attached hydrogens (tertiary/aromatic N) is 1. The van der Waals surface area contributed by atoms with E-state index >= 15 is 0 Å². The summed E-state index contributed by atoms with van der Waals surface area (Å²) in [6.07, 6.45) is 0. The van der Waals surface area contributed by atoms with Crippen LogP contribution in [0.2, 0.25) is 0 Å². The van der Waals surface area contributed by atoms with Gasteiger partial charge in [-0.15, -0.1) is 0 Å². The van der Waals surface area contributed by atoms with Gasteiger partial charge in [-0.05, 0) is 24.6 Å². The van der Waals surface area contributed by atoms with Crippen LogP contribution in [0.5, 0.6) is 0 Å². The van der Waals surface area contributed by atoms with E-state index in [9.17, 15) is 4.39 Å². The molecular formula is C10H13FN2. The number of fused-ring (bicyclic) bond motifs is 1. The molecule has 0 bridgehead atoms. The van der Waals surface area contributed by atoms with E-state index < -0.39 is 0 Å². The number of rotatable bonds is 0. The standard InChI is InChI=1S/C10H13FN2/c1-7-5-9-10(6-8(7)11)13(2)4-3-12-9/h5-6,12H,3-4H2,1-2H3. The van der Waals surface area contributed by atoms with Crippen LogP contribution < -0.4 is 10.2 Å². The van der Waals surface area contributed by atoms with Crippen LogP contribution in [0, 0.1) is 12.7 Å². The zero-order valence-corrected chi connectivity index (χ0v) is 7.89. The van der Waals surface area contributed by atoms with Gasteiger partial charge in [0.05, 0.1) is 11.4 Å². The first kappa shape index (κ1) is 8.35. The molecule has 0 saturated carbocycles. The Morgan fingerprint density at radius 1 is 1.46 bits per heavy atom. The lowest BCUT2D eigenvalue weighted by Crippen LogP contribution is -2.30. The van der Waals surface area contributed by atoms with Gasteiger partial charge in [0.1, 0.15) is 5.82 Å². The highest BCUT2D eigenvalue weighted by Crippen LogP contribution is 2.30. The molecule has 0 saturated heterocycles. The molecule has 0 aliphatic carbocycles. The third kappa shape index (κ3) is 1.34. The maximum Gasteiger partial charge on any atom is 0.128 e. The molecule has 13 heavy (non-hydrogen) atoms. The summed E-state index contributed by atoms with van der Waals surface area (Å²) in [4.78, 5) is 2.06. The molecule has 0 amide bonds. The Kier molecular flexibility index (Phi) is 1.87. The van der Waals surface area contributed by atoms with Crippen molar-refractivity contribution in [2.75, 3.05) is 30.4 Å². The molecule has 1 heterocycles. The number of nitrogens with one attached hydrogen (secondary N) is 1. The number of benzene rings is 1. The van der Waals surface area contributed by atoms with Crippen molar-refractivity contribution in [3.05, 3.63) is 23.5 Å². The highest BCUT2D eigenvalue weighted by molar-refractivity contribution is 5.72. The largest absolute Gasteiger partial charge is 0.382 e. The van der Waals surface area contributed by atoms with Crippen LogP contribution in [0.3, 0.4) is 0 Å². The number of halogens is 1. The first-order valence-corrected chi connectivity index (χ1v) is 4.43. The first-order chi connectivity index (χ1) is 6.18. The van der Waals surface area contributed by atoms with Crippen molar-refractivity contribution in [2.24, 2.45) is 0 Å². The molecule has 1 aromatic carbocycles. The molecule has 0 unspecified atom stereocenters. The highest BCUT2D eigenvalue weighted by atomic mass is 19.1. The van der Waals surface area contributed by atoms with Crippen LogP contribution in [0.25, 0.3) is 0 Å². The summed E-state index contributed by atoms with van der Waals surface area (Å²) in [5.41, 5.74) is 2.68. The summed E-state index contributed by atoms with van der Waals surface area (Å²) in [5, 5.41) is 3.25. The van der Waals surface area contributed by atoms with Gasteiger partial charge in [-0.3, -0.25) is 0 Å². The van der Waals surface area contributed by atoms with Gasteiger partial charge in [0.25, 0.3) is 0 Å². The quantitative estimate of drug-likeness (QED) is 0.657. The van der Waals surface area contributed by atoms with E-state index in [4.69, 9.17) is 0 Å². The second-order valence-electron chi connectivity index (χ2n) is 3.47. The van der Waals surface area contributed by atoms with Crippen molar-refractivity contribution < 1.29 is 4.39 Å². The lowest BCUT2D eigenvalue weighted by atomic mass is 10.1. The fraction of sp³-hybridized carbons (Fsp3) is 0.400. The van der Waals surface area contributed by atoms with Crippen LogP contribution in [0.4, 0.5) is 15.8 Å². The topological polar surface area (TPSA) is 15.3 Å². The minimum Gasteiger partial charge on any atom is -0.382 e. The van der Waals surface area contributed by atoms with Crippen LogP contribution in [-0.4, -0.2) is 20.1 Å². The minimum absolute atomic E-state index is 0.130. The molecule has 2 nitrogen and oxygen atoms in total. The number of hydrogen-bond acceptors (Lipinski definition) is 2. The number of likely N-dealkylation sites (N-methyl/N-ethyl adjacent to an activating group) is 1. The first-order valence-electron chi connectivity index (χ1n) is 4.43. The molecule has 1 aliphatic heterocycles. The Morgan fingerprint density at radius 2 is 2.23 bits per heavy atom. The third-order valence-corrected chi connectivity index (χ3v) is 2.45. The van der Waals surface area contributed by atoms with Gasteiger partial charge < -0.3 is 10.2 Å². The van der Waals surface area contributed by atoms with Crippen LogP contribution >= 0.6 is 0 Å². The van der Waals surface area contributed by atoms with Crippen LogP contribution in [0.1, 0.15) is 5.56 Å². The second-order valence-corrected chi connectivity index (χ2v) is 3.47. The molecule has 0 aromatic heterocycles. The predicted octanol–water partition coefficient (Wildman–Crippen LogP) is 2.00. The number of aryl methyl sites for hydroxylation is 1. The molecule has 0 fully saturated rings. The number of anilines is 2. The monoisotopic (exact) mass is 180 g/mol. The van der Waals surface area contributed by atoms with Gasteiger partial charge in [0, 0.05) is 20.1 Å². The van der Waals surface area contributed by atoms with Gasteiger partial charge in [-0.1, -0.05) is 0 Å². The van der Waals surface area contributed by atoms with Gasteiger partial charge in [-0.25, -0.2) is 4.39 Å². The van der Waals surface area contributed by atoms with Crippen molar-refractivity contribution >= 4 is 11.4 Å². The van der Waals surface area contributed by atoms with Gasteiger partial charge >= 0.3 is 0 Å². The Balaban J connectivity index is 2.52. The zero-order chi connectivity index (χ0) is 9.42. The molecule has 0 atom stereocenters. The molecule has 2 rings (SSSR count). The Bertz CT molecular complexity index is 336. The highest BCUT2D eigenvalue weighted by Gasteiger charge is 2.14. The summed E-state index contributed by atoms with van der Waals surface area (Å²) >= 11 is 0. The smallest absolute Gasteiger partial charge is 0.128 e. The van der Waals surface area contributed by atoms with E-state index in [2.05, 4.69) is 10.2 Å². The fourth-order valence-corrected chi connectivity index (χ4v) is 1.61. The zero-order valence-electron chi connectivity index (χ0n) is 7.89. The van der Waals surface area contributed by atoms with Crippen LogP contribution in [-0.2, 0) is 0 Å². The van der Waals surface area contributed by atoms with Crippen molar-refractivity contribution in [1.29, 1.82) is 0 Å². The van der Waals surface area contributed by atoms with Crippen molar-refractivity contribution in [1.82, 2.24) is 0 Å². The van der Waals surface area contributed by atoms with E-state index in [0.717, 1.165) is 24.5 Å². The molecule has 0 spiro atoms. The normalized spacial score (nSPS) is 15.2. The predicted molar refractivity (Wildman–Crippen MR) is 52.9 cm³/mol. The Labute approximate surface area is 77.4 Å². The summed E-state index contributed by atoms with van der Waals surface area (Å²) < 4.78 is 13.2. The maximum atomic E-state index is 13.2. The molecule has 1 aromatic rings. The molecule has 0 radical (unpaired) electrons. The minimum atomic E-state index is -0.130. The van der Waals surface area contributed by atoms with Gasteiger partial charge in [0.15, 0.2) is 0 Å². The number of hydrogen-bond donors (Lipinski definition) is 1. The molecule has 3 heteroatoms. The second kappa shape index (κ2) is 2.91. The fourth-order valence-electron chi connectivity index (χ4n) is 1.61. The van der Waals surface area contributed by atoms with E-state index in [-0.39, 0.29) is 5.82 Å². The molecule has 1 N–H and O–H groups in total. The van der Waals surface area contributed by atoms with E-state index in [1.807, 2.05) is 13.1 Å².